The lowest BCUT2D eigenvalue weighted by molar-refractivity contribution is -0.130. The number of hydrogen-bond donors (Lipinski definition) is 2. The molecule has 1 fully saturated rings. The van der Waals surface area contributed by atoms with E-state index in [1.807, 2.05) is 43.5 Å². The third-order valence-corrected chi connectivity index (χ3v) is 4.16. The van der Waals surface area contributed by atoms with Gasteiger partial charge in [-0.2, -0.15) is 0 Å². The Kier molecular flexibility index (Phi) is 5.93. The average Bonchev–Trinajstić information content (AvgIpc) is 3.06. The first kappa shape index (κ1) is 18.4. The number of aromatic nitrogens is 3. The summed E-state index contributed by atoms with van der Waals surface area (Å²) < 4.78 is 6.96. The van der Waals surface area contributed by atoms with E-state index < -0.39 is 5.54 Å². The fourth-order valence-electron chi connectivity index (χ4n) is 2.56. The minimum atomic E-state index is -0.859. The molecule has 1 aliphatic rings. The largest absolute Gasteiger partial charge is 0.381 e. The van der Waals surface area contributed by atoms with Gasteiger partial charge in [0.2, 0.25) is 5.91 Å². The highest BCUT2D eigenvalue weighted by molar-refractivity contribution is 5.86. The second-order valence-corrected chi connectivity index (χ2v) is 5.89. The molecule has 3 rings (SSSR count). The van der Waals surface area contributed by atoms with E-state index in [1.165, 1.54) is 0 Å². The molecule has 1 saturated heterocycles. The molecule has 1 aromatic heterocycles. The summed E-state index contributed by atoms with van der Waals surface area (Å²) in [5.74, 6) is -0.164. The Morgan fingerprint density at radius 1 is 1.33 bits per heavy atom. The molecule has 1 amide bonds. The van der Waals surface area contributed by atoms with E-state index in [-0.39, 0.29) is 24.4 Å². The molecule has 0 radical (unpaired) electrons. The van der Waals surface area contributed by atoms with Gasteiger partial charge in [0.25, 0.3) is 0 Å². The van der Waals surface area contributed by atoms with Gasteiger partial charge in [0.05, 0.1) is 23.5 Å². The Labute approximate surface area is 147 Å². The molecule has 1 aliphatic heterocycles. The molecule has 8 heteroatoms. The molecular formula is C16H22ClN5O2. The van der Waals surface area contributed by atoms with Gasteiger partial charge in [-0.3, -0.25) is 4.79 Å². The van der Waals surface area contributed by atoms with E-state index in [1.54, 1.807) is 4.68 Å². The molecule has 1 aromatic carbocycles. The molecule has 0 spiro atoms. The Hall–Kier alpha value is -1.96. The molecule has 0 aliphatic carbocycles. The van der Waals surface area contributed by atoms with E-state index >= 15 is 0 Å². The number of hydrogen-bond acceptors (Lipinski definition) is 5. The Morgan fingerprint density at radius 3 is 2.67 bits per heavy atom. The van der Waals surface area contributed by atoms with Crippen molar-refractivity contribution in [2.24, 2.45) is 5.73 Å². The molecule has 0 saturated carbocycles. The van der Waals surface area contributed by atoms with Crippen LogP contribution >= 0.6 is 12.4 Å². The predicted molar refractivity (Wildman–Crippen MR) is 92.1 cm³/mol. The van der Waals surface area contributed by atoms with Crippen molar-refractivity contribution in [2.75, 3.05) is 13.2 Å². The maximum Gasteiger partial charge on any atom is 0.240 e. The molecule has 1 atom stereocenters. The number of benzene rings is 1. The monoisotopic (exact) mass is 351 g/mol. The average molecular weight is 352 g/mol. The number of carbonyl (C=O) groups excluding carboxylic acids is 1. The van der Waals surface area contributed by atoms with Crippen molar-refractivity contribution in [1.82, 2.24) is 20.3 Å². The van der Waals surface area contributed by atoms with Gasteiger partial charge in [-0.1, -0.05) is 23.4 Å². The number of halogens is 1. The molecule has 2 heterocycles. The van der Waals surface area contributed by atoms with Crippen LogP contribution in [0.25, 0.3) is 5.69 Å². The summed E-state index contributed by atoms with van der Waals surface area (Å²) in [5, 5.41) is 11.2. The van der Waals surface area contributed by atoms with Gasteiger partial charge in [0.1, 0.15) is 5.69 Å². The highest BCUT2D eigenvalue weighted by atomic mass is 35.5. The quantitative estimate of drug-likeness (QED) is 0.867. The van der Waals surface area contributed by atoms with E-state index in [9.17, 15) is 4.79 Å². The van der Waals surface area contributed by atoms with Gasteiger partial charge in [-0.25, -0.2) is 4.68 Å². The first-order chi connectivity index (χ1) is 11.1. The molecule has 3 N–H and O–H groups in total. The number of carbonyl (C=O) groups is 1. The normalized spacial score (nSPS) is 17.6. The lowest BCUT2D eigenvalue weighted by Crippen LogP contribution is -2.57. The molecule has 1 unspecified atom stereocenters. The number of para-hydroxylation sites is 1. The number of nitrogens with one attached hydrogen (secondary N) is 1. The van der Waals surface area contributed by atoms with Crippen molar-refractivity contribution in [3.63, 3.8) is 0 Å². The smallest absolute Gasteiger partial charge is 0.240 e. The second kappa shape index (κ2) is 7.74. The number of rotatable bonds is 4. The lowest BCUT2D eigenvalue weighted by atomic mass is 9.90. The summed E-state index contributed by atoms with van der Waals surface area (Å²) in [6.07, 6.45) is 2.87. The Morgan fingerprint density at radius 2 is 2.00 bits per heavy atom. The summed E-state index contributed by atoms with van der Waals surface area (Å²) in [6, 6.07) is 9.44. The number of ether oxygens (including phenoxy) is 1. The van der Waals surface area contributed by atoms with Crippen molar-refractivity contribution in [2.45, 2.75) is 31.3 Å². The fraction of sp³-hybridized carbons (Fsp3) is 0.438. The van der Waals surface area contributed by atoms with Crippen LogP contribution in [-0.2, 0) is 9.53 Å². The first-order valence-corrected chi connectivity index (χ1v) is 7.74. The summed E-state index contributed by atoms with van der Waals surface area (Å²) in [4.78, 5) is 12.4. The van der Waals surface area contributed by atoms with Crippen LogP contribution in [0.3, 0.4) is 0 Å². The van der Waals surface area contributed by atoms with Crippen molar-refractivity contribution in [3.8, 4) is 5.69 Å². The molecule has 0 bridgehead atoms. The number of nitrogens with zero attached hydrogens (tertiary/aromatic N) is 3. The molecule has 24 heavy (non-hydrogen) atoms. The predicted octanol–water partition coefficient (Wildman–Crippen LogP) is 1.37. The van der Waals surface area contributed by atoms with Crippen LogP contribution in [0.4, 0.5) is 0 Å². The number of amides is 1. The minimum absolute atomic E-state index is 0. The Bertz CT molecular complexity index is 670. The third kappa shape index (κ3) is 3.92. The molecule has 2 aromatic rings. The maximum atomic E-state index is 12.4. The molecular weight excluding hydrogens is 330 g/mol. The van der Waals surface area contributed by atoms with Crippen molar-refractivity contribution < 1.29 is 9.53 Å². The standard InChI is InChI=1S/C16H21N5O2.ClH/c1-12(18-15(22)16(17)7-9-23-10-8-16)14-11-21(20-19-14)13-5-3-2-4-6-13;/h2-6,11-12H,7-10,17H2,1H3,(H,18,22);1H. The zero-order valence-electron chi connectivity index (χ0n) is 13.5. The lowest BCUT2D eigenvalue weighted by Gasteiger charge is -2.32. The van der Waals surface area contributed by atoms with E-state index in [0.717, 1.165) is 5.69 Å². The van der Waals surface area contributed by atoms with Crippen LogP contribution in [0.1, 0.15) is 31.5 Å². The van der Waals surface area contributed by atoms with E-state index in [4.69, 9.17) is 10.5 Å². The van der Waals surface area contributed by atoms with Crippen LogP contribution < -0.4 is 11.1 Å². The first-order valence-electron chi connectivity index (χ1n) is 7.74. The van der Waals surface area contributed by atoms with Gasteiger partial charge in [0, 0.05) is 13.2 Å². The SMILES string of the molecule is CC(NC(=O)C1(N)CCOCC1)c1cn(-c2ccccc2)nn1.Cl. The van der Waals surface area contributed by atoms with Crippen LogP contribution in [-0.4, -0.2) is 39.7 Å². The highest BCUT2D eigenvalue weighted by Crippen LogP contribution is 2.20. The zero-order chi connectivity index (χ0) is 16.3. The second-order valence-electron chi connectivity index (χ2n) is 5.89. The summed E-state index contributed by atoms with van der Waals surface area (Å²) in [6.45, 7) is 2.91. The summed E-state index contributed by atoms with van der Waals surface area (Å²) >= 11 is 0. The number of nitrogens with two attached hydrogens (primary N) is 1. The minimum Gasteiger partial charge on any atom is -0.381 e. The van der Waals surface area contributed by atoms with Gasteiger partial charge in [-0.15, -0.1) is 17.5 Å². The van der Waals surface area contributed by atoms with Crippen LogP contribution in [0.2, 0.25) is 0 Å². The van der Waals surface area contributed by atoms with Gasteiger partial charge in [-0.05, 0) is 31.9 Å². The summed E-state index contributed by atoms with van der Waals surface area (Å²) in [7, 11) is 0. The fourth-order valence-corrected chi connectivity index (χ4v) is 2.56. The van der Waals surface area contributed by atoms with Crippen LogP contribution in [0, 0.1) is 0 Å². The highest BCUT2D eigenvalue weighted by Gasteiger charge is 2.36. The van der Waals surface area contributed by atoms with E-state index in [2.05, 4.69) is 15.6 Å². The van der Waals surface area contributed by atoms with Crippen molar-refractivity contribution in [1.29, 1.82) is 0 Å². The van der Waals surface area contributed by atoms with E-state index in [0.29, 0.717) is 31.7 Å². The van der Waals surface area contributed by atoms with Gasteiger partial charge < -0.3 is 15.8 Å². The molecule has 130 valence electrons. The van der Waals surface area contributed by atoms with Crippen LogP contribution in [0.5, 0.6) is 0 Å². The van der Waals surface area contributed by atoms with Crippen molar-refractivity contribution in [3.05, 3.63) is 42.2 Å². The van der Waals surface area contributed by atoms with Crippen molar-refractivity contribution >= 4 is 18.3 Å². The summed E-state index contributed by atoms with van der Waals surface area (Å²) in [5.41, 5.74) is 6.95. The zero-order valence-corrected chi connectivity index (χ0v) is 14.3. The van der Waals surface area contributed by atoms with Gasteiger partial charge in [0.15, 0.2) is 0 Å². The third-order valence-electron chi connectivity index (χ3n) is 4.16. The maximum absolute atomic E-state index is 12.4. The van der Waals surface area contributed by atoms with Gasteiger partial charge >= 0.3 is 0 Å². The topological polar surface area (TPSA) is 95.1 Å². The van der Waals surface area contributed by atoms with Crippen LogP contribution in [0.15, 0.2) is 36.5 Å². The molecule has 7 nitrogen and oxygen atoms in total. The Balaban J connectivity index is 0.00000208.